The summed E-state index contributed by atoms with van der Waals surface area (Å²) in [4.78, 5) is 22.9. The molecule has 1 atom stereocenters. The first-order valence-electron chi connectivity index (χ1n) is 6.81. The number of primary amides is 1. The van der Waals surface area contributed by atoms with E-state index in [0.29, 0.717) is 25.1 Å². The van der Waals surface area contributed by atoms with E-state index in [9.17, 15) is 18.0 Å². The van der Waals surface area contributed by atoms with Crippen molar-refractivity contribution in [2.75, 3.05) is 17.1 Å². The Morgan fingerprint density at radius 1 is 1.36 bits per heavy atom. The van der Waals surface area contributed by atoms with E-state index >= 15 is 0 Å². The van der Waals surface area contributed by atoms with Gasteiger partial charge in [0.05, 0.1) is 17.5 Å². The van der Waals surface area contributed by atoms with Gasteiger partial charge in [-0.25, -0.2) is 13.2 Å². The Bertz CT molecular complexity index is 714. The van der Waals surface area contributed by atoms with Gasteiger partial charge < -0.3 is 10.5 Å². The molecule has 1 heterocycles. The van der Waals surface area contributed by atoms with E-state index < -0.39 is 28.0 Å². The van der Waals surface area contributed by atoms with Gasteiger partial charge in [0.15, 0.2) is 6.10 Å². The van der Waals surface area contributed by atoms with Gasteiger partial charge in [0, 0.05) is 6.54 Å². The van der Waals surface area contributed by atoms with E-state index in [2.05, 4.69) is 0 Å². The van der Waals surface area contributed by atoms with Gasteiger partial charge in [-0.3, -0.25) is 9.10 Å². The van der Waals surface area contributed by atoms with Crippen molar-refractivity contribution in [1.29, 1.82) is 0 Å². The van der Waals surface area contributed by atoms with Gasteiger partial charge in [0.25, 0.3) is 5.91 Å². The highest BCUT2D eigenvalue weighted by atomic mass is 32.2. The van der Waals surface area contributed by atoms with Crippen LogP contribution >= 0.6 is 0 Å². The molecule has 8 heteroatoms. The highest BCUT2D eigenvalue weighted by Crippen LogP contribution is 2.30. The number of esters is 1. The van der Waals surface area contributed by atoms with E-state index in [-0.39, 0.29) is 5.56 Å². The highest BCUT2D eigenvalue weighted by molar-refractivity contribution is 7.92. The molecule has 0 radical (unpaired) electrons. The first kappa shape index (κ1) is 16.3. The zero-order valence-corrected chi connectivity index (χ0v) is 13.2. The average Bonchev–Trinajstić information content (AvgIpc) is 2.44. The minimum absolute atomic E-state index is 0.266. The highest BCUT2D eigenvalue weighted by Gasteiger charge is 2.25. The number of rotatable bonds is 4. The van der Waals surface area contributed by atoms with E-state index in [0.717, 1.165) is 11.8 Å². The fourth-order valence-electron chi connectivity index (χ4n) is 2.32. The van der Waals surface area contributed by atoms with E-state index in [1.807, 2.05) is 0 Å². The quantitative estimate of drug-likeness (QED) is 0.807. The second-order valence-corrected chi connectivity index (χ2v) is 7.14. The fourth-order valence-corrected chi connectivity index (χ4v) is 3.32. The fraction of sp³-hybridized carbons (Fsp3) is 0.429. The Kier molecular flexibility index (Phi) is 4.41. The maximum Gasteiger partial charge on any atom is 0.338 e. The minimum atomic E-state index is -3.35. The Labute approximate surface area is 129 Å². The van der Waals surface area contributed by atoms with Crippen molar-refractivity contribution in [2.24, 2.45) is 5.73 Å². The Hall–Kier alpha value is -2.09. The number of fused-ring (bicyclic) bond motifs is 1. The lowest BCUT2D eigenvalue weighted by atomic mass is 10.0. The zero-order chi connectivity index (χ0) is 16.5. The van der Waals surface area contributed by atoms with Crippen molar-refractivity contribution < 1.29 is 22.7 Å². The van der Waals surface area contributed by atoms with Crippen LogP contribution < -0.4 is 10.0 Å². The SMILES string of the molecule is C[C@@H](OC(=O)c1ccc2c(c1)CCCN2S(C)(=O)=O)C(N)=O. The van der Waals surface area contributed by atoms with Crippen LogP contribution in [0.4, 0.5) is 5.69 Å². The summed E-state index contributed by atoms with van der Waals surface area (Å²) in [5.41, 5.74) is 6.65. The molecule has 22 heavy (non-hydrogen) atoms. The lowest BCUT2D eigenvalue weighted by molar-refractivity contribution is -0.125. The van der Waals surface area contributed by atoms with Gasteiger partial charge in [-0.2, -0.15) is 0 Å². The first-order chi connectivity index (χ1) is 10.2. The number of hydrogen-bond donors (Lipinski definition) is 1. The standard InChI is InChI=1S/C14H18N2O5S/c1-9(13(15)17)21-14(18)11-5-6-12-10(8-11)4-3-7-16(12)22(2,19)20/h5-6,8-9H,3-4,7H2,1-2H3,(H2,15,17)/t9-/m1/s1. The molecule has 0 bridgehead atoms. The maximum absolute atomic E-state index is 12.0. The van der Waals surface area contributed by atoms with Gasteiger partial charge in [0.1, 0.15) is 0 Å². The summed E-state index contributed by atoms with van der Waals surface area (Å²) in [6.45, 7) is 1.82. The molecular formula is C14H18N2O5S. The minimum Gasteiger partial charge on any atom is -0.449 e. The summed E-state index contributed by atoms with van der Waals surface area (Å²) in [7, 11) is -3.35. The summed E-state index contributed by atoms with van der Waals surface area (Å²) in [6.07, 6.45) is 1.49. The molecule has 0 saturated carbocycles. The van der Waals surface area contributed by atoms with Crippen molar-refractivity contribution >= 4 is 27.6 Å². The molecule has 1 aromatic rings. The summed E-state index contributed by atoms with van der Waals surface area (Å²) >= 11 is 0. The molecule has 0 fully saturated rings. The van der Waals surface area contributed by atoms with Gasteiger partial charge in [-0.05, 0) is 43.5 Å². The van der Waals surface area contributed by atoms with Crippen LogP contribution in [0.1, 0.15) is 29.3 Å². The van der Waals surface area contributed by atoms with Crippen molar-refractivity contribution in [2.45, 2.75) is 25.9 Å². The maximum atomic E-state index is 12.0. The molecule has 120 valence electrons. The number of hydrogen-bond acceptors (Lipinski definition) is 5. The third-order valence-electron chi connectivity index (χ3n) is 3.48. The normalized spacial score (nSPS) is 15.8. The monoisotopic (exact) mass is 326 g/mol. The van der Waals surface area contributed by atoms with Gasteiger partial charge in [-0.15, -0.1) is 0 Å². The number of amides is 1. The molecule has 1 aromatic carbocycles. The Balaban J connectivity index is 2.29. The van der Waals surface area contributed by atoms with Crippen LogP contribution in [-0.2, 0) is 26.0 Å². The molecule has 0 spiro atoms. The average molecular weight is 326 g/mol. The molecule has 0 aliphatic carbocycles. The first-order valence-corrected chi connectivity index (χ1v) is 8.66. The molecule has 1 amide bonds. The van der Waals surface area contributed by atoms with E-state index in [1.165, 1.54) is 17.3 Å². The van der Waals surface area contributed by atoms with Crippen LogP contribution in [0.2, 0.25) is 0 Å². The number of aryl methyl sites for hydroxylation is 1. The van der Waals surface area contributed by atoms with Crippen molar-refractivity contribution in [3.63, 3.8) is 0 Å². The number of sulfonamides is 1. The topological polar surface area (TPSA) is 107 Å². The van der Waals surface area contributed by atoms with Crippen LogP contribution in [0, 0.1) is 0 Å². The molecule has 0 unspecified atom stereocenters. The van der Waals surface area contributed by atoms with Crippen molar-refractivity contribution in [1.82, 2.24) is 0 Å². The zero-order valence-electron chi connectivity index (χ0n) is 12.4. The van der Waals surface area contributed by atoms with Gasteiger partial charge >= 0.3 is 5.97 Å². The third kappa shape index (κ3) is 3.38. The molecule has 1 aliphatic rings. The number of ether oxygens (including phenoxy) is 1. The van der Waals surface area contributed by atoms with Crippen molar-refractivity contribution in [3.05, 3.63) is 29.3 Å². The molecule has 7 nitrogen and oxygen atoms in total. The summed E-state index contributed by atoms with van der Waals surface area (Å²) in [5.74, 6) is -1.39. The molecule has 1 aliphatic heterocycles. The molecule has 0 aromatic heterocycles. The second kappa shape index (κ2) is 5.96. The van der Waals surface area contributed by atoms with E-state index in [4.69, 9.17) is 10.5 Å². The Morgan fingerprint density at radius 2 is 2.05 bits per heavy atom. The number of nitrogens with zero attached hydrogens (tertiary/aromatic N) is 1. The van der Waals surface area contributed by atoms with Crippen LogP contribution in [0.25, 0.3) is 0 Å². The molecular weight excluding hydrogens is 308 g/mol. The number of carbonyl (C=O) groups is 2. The molecule has 0 saturated heterocycles. The summed E-state index contributed by atoms with van der Waals surface area (Å²) < 4.78 is 29.8. The van der Waals surface area contributed by atoms with Crippen molar-refractivity contribution in [3.8, 4) is 0 Å². The van der Waals surface area contributed by atoms with E-state index in [1.54, 1.807) is 12.1 Å². The van der Waals surface area contributed by atoms with Gasteiger partial charge in [0.2, 0.25) is 10.0 Å². The second-order valence-electron chi connectivity index (χ2n) is 5.23. The lowest BCUT2D eigenvalue weighted by Crippen LogP contribution is -2.34. The molecule has 2 rings (SSSR count). The molecule has 2 N–H and O–H groups in total. The summed E-state index contributed by atoms with van der Waals surface area (Å²) in [5, 5.41) is 0. The van der Waals surface area contributed by atoms with Crippen LogP contribution in [0.5, 0.6) is 0 Å². The van der Waals surface area contributed by atoms with Crippen LogP contribution in [-0.4, -0.2) is 39.2 Å². The summed E-state index contributed by atoms with van der Waals surface area (Å²) in [6, 6.07) is 4.67. The van der Waals surface area contributed by atoms with Gasteiger partial charge in [-0.1, -0.05) is 0 Å². The number of nitrogens with two attached hydrogens (primary N) is 1. The lowest BCUT2D eigenvalue weighted by Gasteiger charge is -2.29. The predicted octanol–water partition coefficient (Wildman–Crippen LogP) is 0.429. The van der Waals surface area contributed by atoms with Crippen LogP contribution in [0.3, 0.4) is 0 Å². The third-order valence-corrected chi connectivity index (χ3v) is 4.66. The van der Waals surface area contributed by atoms with Crippen LogP contribution in [0.15, 0.2) is 18.2 Å². The Morgan fingerprint density at radius 3 is 2.64 bits per heavy atom. The largest absolute Gasteiger partial charge is 0.449 e. The number of anilines is 1. The number of benzene rings is 1. The smallest absolute Gasteiger partial charge is 0.338 e. The predicted molar refractivity (Wildman–Crippen MR) is 81.0 cm³/mol. The number of carbonyl (C=O) groups excluding carboxylic acids is 2.